The largest absolute Gasteiger partial charge is 0.465 e. The number of hydrogen-bond acceptors (Lipinski definition) is 4. The zero-order valence-corrected chi connectivity index (χ0v) is 17.1. The Balaban J connectivity index is 1.47. The molecule has 2 N–H and O–H groups in total. The molecule has 0 saturated heterocycles. The average molecular weight is 424 g/mol. The van der Waals surface area contributed by atoms with E-state index < -0.39 is 6.09 Å². The number of amides is 1. The quantitative estimate of drug-likeness (QED) is 0.530. The molecule has 0 unspecified atom stereocenters. The average Bonchev–Trinajstić information content (AvgIpc) is 2.91. The van der Waals surface area contributed by atoms with Gasteiger partial charge in [-0.05, 0) is 66.9 Å². The first-order chi connectivity index (χ1) is 14.6. The van der Waals surface area contributed by atoms with E-state index in [1.807, 2.05) is 30.3 Å². The first kappa shape index (κ1) is 20.2. The van der Waals surface area contributed by atoms with E-state index in [2.05, 4.69) is 10.3 Å². The summed E-state index contributed by atoms with van der Waals surface area (Å²) in [6.45, 7) is 1.87. The van der Waals surface area contributed by atoms with Gasteiger partial charge in [0.25, 0.3) is 0 Å². The molecule has 2 heterocycles. The normalized spacial score (nSPS) is 12.5. The van der Waals surface area contributed by atoms with Crippen LogP contribution in [-0.2, 0) is 19.5 Å². The number of aryl methyl sites for hydroxylation is 1. The first-order valence-corrected chi connectivity index (χ1v) is 10.2. The fourth-order valence-corrected chi connectivity index (χ4v) is 3.74. The van der Waals surface area contributed by atoms with Gasteiger partial charge in [-0.2, -0.15) is 0 Å². The number of ether oxygens (including phenoxy) is 1. The number of anilines is 1. The summed E-state index contributed by atoms with van der Waals surface area (Å²) < 4.78 is 6.08. The molecule has 2 aromatic carbocycles. The molecule has 1 amide bonds. The van der Waals surface area contributed by atoms with Gasteiger partial charge in [-0.25, -0.2) is 4.79 Å². The maximum Gasteiger partial charge on any atom is 0.412 e. The number of carbonyl (C=O) groups is 1. The predicted molar refractivity (Wildman–Crippen MR) is 116 cm³/mol. The Bertz CT molecular complexity index is 1040. The van der Waals surface area contributed by atoms with E-state index in [4.69, 9.17) is 16.3 Å². The van der Waals surface area contributed by atoms with Gasteiger partial charge in [0.05, 0.1) is 12.2 Å². The van der Waals surface area contributed by atoms with Gasteiger partial charge < -0.3 is 15.2 Å². The number of nitrogens with one attached hydrogen (secondary N) is 1. The Morgan fingerprint density at radius 3 is 2.80 bits per heavy atom. The molecule has 1 aromatic heterocycles. The molecule has 3 aromatic rings. The summed E-state index contributed by atoms with van der Waals surface area (Å²) in [5.74, 6) is 1.17. The Labute approximate surface area is 180 Å². The van der Waals surface area contributed by atoms with Gasteiger partial charge in [0, 0.05) is 29.5 Å². The monoisotopic (exact) mass is 423 g/mol. The Morgan fingerprint density at radius 1 is 1.17 bits per heavy atom. The van der Waals surface area contributed by atoms with E-state index in [0.717, 1.165) is 37.1 Å². The third kappa shape index (κ3) is 4.56. The topological polar surface area (TPSA) is 74.7 Å². The van der Waals surface area contributed by atoms with Gasteiger partial charge in [0.1, 0.15) is 5.75 Å². The van der Waals surface area contributed by atoms with Crippen molar-refractivity contribution in [1.29, 1.82) is 0 Å². The summed E-state index contributed by atoms with van der Waals surface area (Å²) in [7, 11) is 0. The summed E-state index contributed by atoms with van der Waals surface area (Å²) in [6.07, 6.45) is 4.28. The molecule has 4 rings (SSSR count). The molecule has 7 heteroatoms. The lowest BCUT2D eigenvalue weighted by Crippen LogP contribution is -2.28. The van der Waals surface area contributed by atoms with Crippen molar-refractivity contribution < 1.29 is 14.6 Å². The van der Waals surface area contributed by atoms with Crippen LogP contribution in [0.25, 0.3) is 0 Å². The molecule has 0 aliphatic carbocycles. The molecule has 154 valence electrons. The van der Waals surface area contributed by atoms with Crippen molar-refractivity contribution in [2.24, 2.45) is 0 Å². The number of pyridine rings is 1. The summed E-state index contributed by atoms with van der Waals surface area (Å²) in [6, 6.07) is 14.9. The van der Waals surface area contributed by atoms with Crippen LogP contribution in [0.2, 0.25) is 5.02 Å². The van der Waals surface area contributed by atoms with E-state index >= 15 is 0 Å². The lowest BCUT2D eigenvalue weighted by atomic mass is 10.0. The van der Waals surface area contributed by atoms with Crippen LogP contribution in [0.3, 0.4) is 0 Å². The standard InChI is InChI=1S/C23H22ClN3O3/c24-18-6-7-22-20(13-18)27(23(28)29)15-19-17(3-1-5-21(19)30-22)4-2-10-26-14-16-8-11-25-12-9-16/h1,3,5-9,11-13,26H,2,4,10,14-15H2,(H,28,29). The van der Waals surface area contributed by atoms with Crippen molar-refractivity contribution in [2.75, 3.05) is 11.4 Å². The third-order valence-corrected chi connectivity index (χ3v) is 5.32. The van der Waals surface area contributed by atoms with Gasteiger partial charge in [0.2, 0.25) is 0 Å². The van der Waals surface area contributed by atoms with Gasteiger partial charge in [-0.3, -0.25) is 9.88 Å². The second kappa shape index (κ2) is 9.15. The molecule has 0 atom stereocenters. The van der Waals surface area contributed by atoms with Crippen LogP contribution in [0, 0.1) is 0 Å². The van der Waals surface area contributed by atoms with E-state index in [1.165, 1.54) is 10.5 Å². The Morgan fingerprint density at radius 2 is 2.00 bits per heavy atom. The molecular weight excluding hydrogens is 402 g/mol. The van der Waals surface area contributed by atoms with Crippen LogP contribution in [0.4, 0.5) is 10.5 Å². The number of hydrogen-bond donors (Lipinski definition) is 2. The maximum absolute atomic E-state index is 11.9. The number of rotatable bonds is 6. The lowest BCUT2D eigenvalue weighted by molar-refractivity contribution is 0.201. The third-order valence-electron chi connectivity index (χ3n) is 5.09. The van der Waals surface area contributed by atoms with Gasteiger partial charge in [-0.15, -0.1) is 0 Å². The van der Waals surface area contributed by atoms with Gasteiger partial charge >= 0.3 is 6.09 Å². The molecule has 0 bridgehead atoms. The van der Waals surface area contributed by atoms with Crippen molar-refractivity contribution in [3.8, 4) is 11.5 Å². The highest BCUT2D eigenvalue weighted by molar-refractivity contribution is 6.31. The van der Waals surface area contributed by atoms with Crippen LogP contribution in [0.1, 0.15) is 23.1 Å². The number of aromatic nitrogens is 1. The van der Waals surface area contributed by atoms with Crippen molar-refractivity contribution in [3.05, 3.63) is 82.6 Å². The van der Waals surface area contributed by atoms with E-state index in [0.29, 0.717) is 22.2 Å². The van der Waals surface area contributed by atoms with Crippen molar-refractivity contribution in [1.82, 2.24) is 10.3 Å². The minimum absolute atomic E-state index is 0.221. The van der Waals surface area contributed by atoms with Crippen LogP contribution < -0.4 is 15.0 Å². The summed E-state index contributed by atoms with van der Waals surface area (Å²) in [5.41, 5.74) is 3.63. The second-order valence-corrected chi connectivity index (χ2v) is 7.55. The minimum Gasteiger partial charge on any atom is -0.465 e. The molecule has 6 nitrogen and oxygen atoms in total. The van der Waals surface area contributed by atoms with Gasteiger partial charge in [0.15, 0.2) is 5.75 Å². The van der Waals surface area contributed by atoms with Crippen molar-refractivity contribution in [2.45, 2.75) is 25.9 Å². The summed E-state index contributed by atoms with van der Waals surface area (Å²) >= 11 is 6.10. The van der Waals surface area contributed by atoms with Crippen LogP contribution in [-0.4, -0.2) is 22.7 Å². The highest BCUT2D eigenvalue weighted by Crippen LogP contribution is 2.41. The highest BCUT2D eigenvalue weighted by Gasteiger charge is 2.26. The number of benzene rings is 2. The van der Waals surface area contributed by atoms with E-state index in [9.17, 15) is 9.90 Å². The Kier molecular flexibility index (Phi) is 6.16. The number of halogens is 1. The zero-order chi connectivity index (χ0) is 20.9. The van der Waals surface area contributed by atoms with Crippen molar-refractivity contribution in [3.63, 3.8) is 0 Å². The van der Waals surface area contributed by atoms with Crippen LogP contribution in [0.15, 0.2) is 60.9 Å². The van der Waals surface area contributed by atoms with E-state index in [1.54, 1.807) is 30.6 Å². The van der Waals surface area contributed by atoms with Crippen LogP contribution >= 0.6 is 11.6 Å². The summed E-state index contributed by atoms with van der Waals surface area (Å²) in [5, 5.41) is 13.7. The minimum atomic E-state index is -1.04. The smallest absolute Gasteiger partial charge is 0.412 e. The first-order valence-electron chi connectivity index (χ1n) is 9.80. The predicted octanol–water partition coefficient (Wildman–Crippen LogP) is 5.25. The fourth-order valence-electron chi connectivity index (χ4n) is 3.58. The Hall–Kier alpha value is -3.09. The molecule has 0 saturated carbocycles. The number of carboxylic acid groups (broad SMARTS) is 1. The molecule has 30 heavy (non-hydrogen) atoms. The molecule has 1 aliphatic heterocycles. The second-order valence-electron chi connectivity index (χ2n) is 7.11. The molecule has 0 fully saturated rings. The fraction of sp³-hybridized carbons (Fsp3) is 0.217. The summed E-state index contributed by atoms with van der Waals surface area (Å²) in [4.78, 5) is 17.3. The SMILES string of the molecule is O=C(O)N1Cc2c(CCCNCc3ccncc3)cccc2Oc2ccc(Cl)cc21. The highest BCUT2D eigenvalue weighted by atomic mass is 35.5. The zero-order valence-electron chi connectivity index (χ0n) is 16.3. The number of nitrogens with zero attached hydrogens (tertiary/aromatic N) is 2. The van der Waals surface area contributed by atoms with E-state index in [-0.39, 0.29) is 6.54 Å². The van der Waals surface area contributed by atoms with Crippen molar-refractivity contribution >= 4 is 23.4 Å². The molecular formula is C23H22ClN3O3. The molecule has 0 spiro atoms. The lowest BCUT2D eigenvalue weighted by Gasteiger charge is -2.19. The molecule has 0 radical (unpaired) electrons. The number of fused-ring (bicyclic) bond motifs is 2. The maximum atomic E-state index is 11.9. The van der Waals surface area contributed by atoms with Crippen LogP contribution in [0.5, 0.6) is 11.5 Å². The van der Waals surface area contributed by atoms with Gasteiger partial charge in [-0.1, -0.05) is 23.7 Å². The molecule has 1 aliphatic rings.